The highest BCUT2D eigenvalue weighted by Gasteiger charge is 2.28. The predicted octanol–water partition coefficient (Wildman–Crippen LogP) is 1.62. The number of hydrogen-bond donors (Lipinski definition) is 4. The second kappa shape index (κ2) is 17.3. The number of nitrogens with one attached hydrogen (secondary N) is 4. The third kappa shape index (κ3) is 15.6. The standard InChI is InChI=1S/C24H46N4O6/c1-8-10-20(30)27-18(4)16-17(3)22(28-21(31)11-9-2)23(32)26-13-15-34-24(6,7)33-14-12-25-19(5)29/h17-18,22H,8-16H2,1-7H3,(H,25,29)(H,26,32)(H,27,30)(H,28,31). The Hall–Kier alpha value is -2.20. The lowest BCUT2D eigenvalue weighted by Crippen LogP contribution is -2.52. The highest BCUT2D eigenvalue weighted by atomic mass is 16.7. The number of rotatable bonds is 18. The van der Waals surface area contributed by atoms with Gasteiger partial charge >= 0.3 is 0 Å². The monoisotopic (exact) mass is 486 g/mol. The largest absolute Gasteiger partial charge is 0.354 e. The topological polar surface area (TPSA) is 135 Å². The first kappa shape index (κ1) is 31.8. The van der Waals surface area contributed by atoms with Crippen LogP contribution in [0.4, 0.5) is 0 Å². The lowest BCUT2D eigenvalue weighted by Gasteiger charge is -2.28. The van der Waals surface area contributed by atoms with Gasteiger partial charge in [-0.3, -0.25) is 19.2 Å². The summed E-state index contributed by atoms with van der Waals surface area (Å²) in [6.07, 6.45) is 2.80. The van der Waals surface area contributed by atoms with Crippen molar-refractivity contribution in [2.45, 2.75) is 98.4 Å². The summed E-state index contributed by atoms with van der Waals surface area (Å²) in [4.78, 5) is 47.9. The summed E-state index contributed by atoms with van der Waals surface area (Å²) >= 11 is 0. The van der Waals surface area contributed by atoms with Crippen molar-refractivity contribution in [1.29, 1.82) is 0 Å². The molecule has 4 N–H and O–H groups in total. The second-order valence-corrected chi connectivity index (χ2v) is 9.10. The summed E-state index contributed by atoms with van der Waals surface area (Å²) in [6.45, 7) is 13.7. The molecule has 0 aliphatic carbocycles. The van der Waals surface area contributed by atoms with E-state index in [1.165, 1.54) is 6.92 Å². The van der Waals surface area contributed by atoms with Crippen LogP contribution in [0.25, 0.3) is 0 Å². The Morgan fingerprint density at radius 3 is 1.82 bits per heavy atom. The van der Waals surface area contributed by atoms with E-state index in [2.05, 4.69) is 21.3 Å². The molecule has 10 nitrogen and oxygen atoms in total. The summed E-state index contributed by atoms with van der Waals surface area (Å²) in [5.41, 5.74) is 0. The van der Waals surface area contributed by atoms with E-state index in [1.807, 2.05) is 27.7 Å². The third-order valence-corrected chi connectivity index (χ3v) is 5.03. The summed E-state index contributed by atoms with van der Waals surface area (Å²) in [5.74, 6) is -1.68. The van der Waals surface area contributed by atoms with Gasteiger partial charge in [0.05, 0.1) is 13.2 Å². The van der Waals surface area contributed by atoms with Crippen molar-refractivity contribution in [3.63, 3.8) is 0 Å². The van der Waals surface area contributed by atoms with E-state index in [9.17, 15) is 19.2 Å². The van der Waals surface area contributed by atoms with Gasteiger partial charge in [0.1, 0.15) is 6.04 Å². The Kier molecular flexibility index (Phi) is 16.1. The van der Waals surface area contributed by atoms with Gasteiger partial charge in [-0.1, -0.05) is 20.8 Å². The molecule has 0 fully saturated rings. The number of hydrogen-bond acceptors (Lipinski definition) is 6. The Bertz CT molecular complexity index is 641. The molecule has 0 saturated heterocycles. The van der Waals surface area contributed by atoms with E-state index in [4.69, 9.17) is 9.47 Å². The maximum Gasteiger partial charge on any atom is 0.242 e. The van der Waals surface area contributed by atoms with Crippen molar-refractivity contribution in [1.82, 2.24) is 21.3 Å². The zero-order chi connectivity index (χ0) is 26.1. The molecule has 0 aromatic heterocycles. The molecular formula is C24H46N4O6. The normalized spacial score (nSPS) is 14.0. The fourth-order valence-corrected chi connectivity index (χ4v) is 3.41. The average Bonchev–Trinajstić information content (AvgIpc) is 2.72. The zero-order valence-electron chi connectivity index (χ0n) is 22.0. The summed E-state index contributed by atoms with van der Waals surface area (Å²) in [7, 11) is 0. The molecule has 0 rings (SSSR count). The Balaban J connectivity index is 4.74. The van der Waals surface area contributed by atoms with Crippen molar-refractivity contribution < 1.29 is 28.7 Å². The molecule has 198 valence electrons. The molecule has 34 heavy (non-hydrogen) atoms. The highest BCUT2D eigenvalue weighted by molar-refractivity contribution is 5.87. The molecular weight excluding hydrogens is 440 g/mol. The second-order valence-electron chi connectivity index (χ2n) is 9.10. The fraction of sp³-hybridized carbons (Fsp3) is 0.833. The van der Waals surface area contributed by atoms with Crippen LogP contribution in [0.2, 0.25) is 0 Å². The van der Waals surface area contributed by atoms with E-state index in [-0.39, 0.29) is 48.7 Å². The van der Waals surface area contributed by atoms with Crippen molar-refractivity contribution in [2.75, 3.05) is 26.3 Å². The quantitative estimate of drug-likeness (QED) is 0.172. The van der Waals surface area contributed by atoms with Gasteiger partial charge in [0.15, 0.2) is 5.79 Å². The van der Waals surface area contributed by atoms with Crippen LogP contribution < -0.4 is 21.3 Å². The van der Waals surface area contributed by atoms with Crippen molar-refractivity contribution >= 4 is 23.6 Å². The fourth-order valence-electron chi connectivity index (χ4n) is 3.41. The lowest BCUT2D eigenvalue weighted by atomic mass is 9.93. The van der Waals surface area contributed by atoms with Crippen molar-refractivity contribution in [3.05, 3.63) is 0 Å². The molecule has 0 aliphatic heterocycles. The van der Waals surface area contributed by atoms with Gasteiger partial charge < -0.3 is 30.7 Å². The molecule has 3 atom stereocenters. The average molecular weight is 487 g/mol. The van der Waals surface area contributed by atoms with Gasteiger partial charge in [0.25, 0.3) is 0 Å². The van der Waals surface area contributed by atoms with Crippen LogP contribution >= 0.6 is 0 Å². The minimum atomic E-state index is -0.878. The van der Waals surface area contributed by atoms with E-state index in [0.717, 1.165) is 6.42 Å². The van der Waals surface area contributed by atoms with E-state index in [1.54, 1.807) is 13.8 Å². The van der Waals surface area contributed by atoms with E-state index < -0.39 is 11.8 Å². The first-order valence-corrected chi connectivity index (χ1v) is 12.3. The smallest absolute Gasteiger partial charge is 0.242 e. The third-order valence-electron chi connectivity index (χ3n) is 5.03. The summed E-state index contributed by atoms with van der Waals surface area (Å²) in [5, 5.41) is 11.2. The predicted molar refractivity (Wildman–Crippen MR) is 131 cm³/mol. The summed E-state index contributed by atoms with van der Waals surface area (Å²) in [6, 6.07) is -0.835. The summed E-state index contributed by atoms with van der Waals surface area (Å²) < 4.78 is 11.3. The van der Waals surface area contributed by atoms with Crippen LogP contribution in [0.3, 0.4) is 0 Å². The lowest BCUT2D eigenvalue weighted by molar-refractivity contribution is -0.211. The first-order valence-electron chi connectivity index (χ1n) is 12.3. The SMILES string of the molecule is CCCC(=O)NC(C)CC(C)C(NC(=O)CCC)C(=O)NCCOC(C)(C)OCCNC(C)=O. The maximum absolute atomic E-state index is 12.9. The number of carbonyl (C=O) groups is 4. The van der Waals surface area contributed by atoms with Crippen LogP contribution in [0.15, 0.2) is 0 Å². The molecule has 0 radical (unpaired) electrons. The first-order chi connectivity index (χ1) is 15.9. The molecule has 0 aromatic rings. The van der Waals surface area contributed by atoms with E-state index in [0.29, 0.717) is 38.8 Å². The molecule has 0 aliphatic rings. The molecule has 0 bridgehead atoms. The zero-order valence-corrected chi connectivity index (χ0v) is 22.0. The maximum atomic E-state index is 12.9. The van der Waals surface area contributed by atoms with Crippen LogP contribution in [0, 0.1) is 5.92 Å². The Morgan fingerprint density at radius 2 is 1.32 bits per heavy atom. The van der Waals surface area contributed by atoms with Gasteiger partial charge in [-0.2, -0.15) is 0 Å². The van der Waals surface area contributed by atoms with Gasteiger partial charge in [-0.15, -0.1) is 0 Å². The number of amides is 4. The highest BCUT2D eigenvalue weighted by Crippen LogP contribution is 2.13. The van der Waals surface area contributed by atoms with Gasteiger partial charge in [0.2, 0.25) is 23.6 Å². The number of ether oxygens (including phenoxy) is 2. The van der Waals surface area contributed by atoms with Gasteiger partial charge in [-0.25, -0.2) is 0 Å². The van der Waals surface area contributed by atoms with Crippen LogP contribution in [0.5, 0.6) is 0 Å². The molecule has 0 spiro atoms. The van der Waals surface area contributed by atoms with Crippen molar-refractivity contribution in [2.24, 2.45) is 5.92 Å². The minimum absolute atomic E-state index is 0.0164. The molecule has 10 heteroatoms. The Morgan fingerprint density at radius 1 is 0.824 bits per heavy atom. The van der Waals surface area contributed by atoms with Crippen LogP contribution in [0.1, 0.15) is 80.6 Å². The van der Waals surface area contributed by atoms with Crippen LogP contribution in [-0.2, 0) is 28.7 Å². The Labute approximate surface area is 204 Å². The molecule has 0 heterocycles. The van der Waals surface area contributed by atoms with Crippen molar-refractivity contribution in [3.8, 4) is 0 Å². The van der Waals surface area contributed by atoms with Crippen LogP contribution in [-0.4, -0.2) is 67.8 Å². The molecule has 3 unspecified atom stereocenters. The molecule has 0 aromatic carbocycles. The van der Waals surface area contributed by atoms with Gasteiger partial charge in [-0.05, 0) is 46.0 Å². The van der Waals surface area contributed by atoms with Gasteiger partial charge in [0, 0.05) is 38.9 Å². The minimum Gasteiger partial charge on any atom is -0.354 e. The molecule has 4 amide bonds. The molecule has 0 saturated carbocycles. The van der Waals surface area contributed by atoms with E-state index >= 15 is 0 Å². The number of carbonyl (C=O) groups excluding carboxylic acids is 4.